The van der Waals surface area contributed by atoms with Crippen LogP contribution in [-0.4, -0.2) is 25.0 Å². The maximum absolute atomic E-state index is 2.39. The Morgan fingerprint density at radius 3 is 2.08 bits per heavy atom. The van der Waals surface area contributed by atoms with E-state index in [-0.39, 0.29) is 0 Å². The Morgan fingerprint density at radius 1 is 1.08 bits per heavy atom. The summed E-state index contributed by atoms with van der Waals surface area (Å²) in [5.41, 5.74) is 0. The summed E-state index contributed by atoms with van der Waals surface area (Å²) in [6, 6.07) is 0. The minimum absolute atomic E-state index is 0.859. The van der Waals surface area contributed by atoms with Gasteiger partial charge in [0.25, 0.3) is 0 Å². The molecular weight excluding hydrogens is 146 g/mol. The standard InChI is InChI=1S/C11H25N/c1-6-12(5)9-11(4)8-7-10(2)3/h10-11H,6-9H2,1-5H3/t11-/m1/s1. The molecule has 0 saturated heterocycles. The van der Waals surface area contributed by atoms with Crippen molar-refractivity contribution >= 4 is 0 Å². The van der Waals surface area contributed by atoms with Gasteiger partial charge in [-0.2, -0.15) is 0 Å². The first-order chi connectivity index (χ1) is 5.56. The zero-order chi connectivity index (χ0) is 9.56. The summed E-state index contributed by atoms with van der Waals surface area (Å²) >= 11 is 0. The molecule has 74 valence electrons. The molecule has 12 heavy (non-hydrogen) atoms. The highest BCUT2D eigenvalue weighted by Crippen LogP contribution is 2.12. The van der Waals surface area contributed by atoms with E-state index in [1.165, 1.54) is 25.9 Å². The number of rotatable bonds is 6. The Bertz CT molecular complexity index is 99.2. The lowest BCUT2D eigenvalue weighted by Crippen LogP contribution is -2.24. The number of hydrogen-bond acceptors (Lipinski definition) is 1. The van der Waals surface area contributed by atoms with Gasteiger partial charge in [-0.25, -0.2) is 0 Å². The van der Waals surface area contributed by atoms with Gasteiger partial charge in [-0.3, -0.25) is 0 Å². The Kier molecular flexibility index (Phi) is 6.45. The van der Waals surface area contributed by atoms with Gasteiger partial charge in [0.2, 0.25) is 0 Å². The van der Waals surface area contributed by atoms with Crippen LogP contribution in [0.25, 0.3) is 0 Å². The molecule has 0 aliphatic rings. The van der Waals surface area contributed by atoms with Gasteiger partial charge >= 0.3 is 0 Å². The van der Waals surface area contributed by atoms with Crippen LogP contribution in [0.15, 0.2) is 0 Å². The predicted molar refractivity (Wildman–Crippen MR) is 56.4 cm³/mol. The summed E-state index contributed by atoms with van der Waals surface area (Å²) in [4.78, 5) is 2.39. The van der Waals surface area contributed by atoms with E-state index in [4.69, 9.17) is 0 Å². The Morgan fingerprint density at radius 2 is 1.67 bits per heavy atom. The van der Waals surface area contributed by atoms with Crippen LogP contribution in [0.3, 0.4) is 0 Å². The summed E-state index contributed by atoms with van der Waals surface area (Å²) in [6.45, 7) is 11.6. The van der Waals surface area contributed by atoms with Gasteiger partial charge in [-0.15, -0.1) is 0 Å². The zero-order valence-corrected chi connectivity index (χ0v) is 9.43. The second-order valence-corrected chi connectivity index (χ2v) is 4.43. The first-order valence-electron chi connectivity index (χ1n) is 5.24. The highest BCUT2D eigenvalue weighted by molar-refractivity contribution is 4.59. The second-order valence-electron chi connectivity index (χ2n) is 4.43. The molecule has 0 aromatic heterocycles. The van der Waals surface area contributed by atoms with Crippen LogP contribution in [0, 0.1) is 11.8 Å². The summed E-state index contributed by atoms with van der Waals surface area (Å²) in [7, 11) is 2.20. The summed E-state index contributed by atoms with van der Waals surface area (Å²) < 4.78 is 0. The molecule has 1 nitrogen and oxygen atoms in total. The van der Waals surface area contributed by atoms with Crippen molar-refractivity contribution in [1.29, 1.82) is 0 Å². The third kappa shape index (κ3) is 6.66. The maximum atomic E-state index is 2.39. The van der Waals surface area contributed by atoms with Crippen LogP contribution in [0.1, 0.15) is 40.5 Å². The largest absolute Gasteiger partial charge is 0.306 e. The molecule has 0 heterocycles. The quantitative estimate of drug-likeness (QED) is 0.594. The summed E-state index contributed by atoms with van der Waals surface area (Å²) in [6.07, 6.45) is 2.75. The van der Waals surface area contributed by atoms with E-state index in [1.54, 1.807) is 0 Å². The third-order valence-electron chi connectivity index (χ3n) is 2.40. The highest BCUT2D eigenvalue weighted by atomic mass is 15.1. The monoisotopic (exact) mass is 171 g/mol. The third-order valence-corrected chi connectivity index (χ3v) is 2.40. The van der Waals surface area contributed by atoms with Crippen LogP contribution >= 0.6 is 0 Å². The van der Waals surface area contributed by atoms with Crippen molar-refractivity contribution < 1.29 is 0 Å². The molecule has 0 aromatic carbocycles. The van der Waals surface area contributed by atoms with Gasteiger partial charge in [-0.05, 0) is 31.8 Å². The van der Waals surface area contributed by atoms with Crippen molar-refractivity contribution in [2.45, 2.75) is 40.5 Å². The fourth-order valence-electron chi connectivity index (χ4n) is 1.37. The molecule has 0 N–H and O–H groups in total. The first kappa shape index (κ1) is 12.0. The van der Waals surface area contributed by atoms with Gasteiger partial charge in [0.05, 0.1) is 0 Å². The van der Waals surface area contributed by atoms with E-state index in [0.717, 1.165) is 11.8 Å². The normalized spacial score (nSPS) is 14.2. The van der Waals surface area contributed by atoms with Crippen LogP contribution in [0.2, 0.25) is 0 Å². The molecule has 0 aromatic rings. The van der Waals surface area contributed by atoms with Crippen LogP contribution in [0.4, 0.5) is 0 Å². The van der Waals surface area contributed by atoms with Gasteiger partial charge in [-0.1, -0.05) is 34.1 Å². The first-order valence-corrected chi connectivity index (χ1v) is 5.24. The van der Waals surface area contributed by atoms with Crippen LogP contribution in [-0.2, 0) is 0 Å². The van der Waals surface area contributed by atoms with Gasteiger partial charge in [0, 0.05) is 6.54 Å². The van der Waals surface area contributed by atoms with Crippen molar-refractivity contribution in [3.63, 3.8) is 0 Å². The molecule has 0 fully saturated rings. The lowest BCUT2D eigenvalue weighted by atomic mass is 9.99. The Labute approximate surface area is 78.1 Å². The molecule has 0 unspecified atom stereocenters. The van der Waals surface area contributed by atoms with Crippen molar-refractivity contribution in [2.24, 2.45) is 11.8 Å². The molecule has 1 heteroatoms. The van der Waals surface area contributed by atoms with Gasteiger partial charge in [0.15, 0.2) is 0 Å². The zero-order valence-electron chi connectivity index (χ0n) is 9.43. The van der Waals surface area contributed by atoms with Gasteiger partial charge in [0.1, 0.15) is 0 Å². The molecule has 0 rings (SSSR count). The van der Waals surface area contributed by atoms with Crippen molar-refractivity contribution in [2.75, 3.05) is 20.1 Å². The lowest BCUT2D eigenvalue weighted by Gasteiger charge is -2.20. The molecule has 0 aliphatic carbocycles. The van der Waals surface area contributed by atoms with Crippen LogP contribution in [0.5, 0.6) is 0 Å². The van der Waals surface area contributed by atoms with Crippen molar-refractivity contribution in [1.82, 2.24) is 4.90 Å². The van der Waals surface area contributed by atoms with E-state index in [0.29, 0.717) is 0 Å². The number of hydrogen-bond donors (Lipinski definition) is 0. The molecule has 0 aliphatic heterocycles. The minimum atomic E-state index is 0.859. The van der Waals surface area contributed by atoms with Crippen LogP contribution < -0.4 is 0 Å². The van der Waals surface area contributed by atoms with Gasteiger partial charge < -0.3 is 4.90 Å². The summed E-state index contributed by atoms with van der Waals surface area (Å²) in [5, 5.41) is 0. The number of nitrogens with zero attached hydrogens (tertiary/aromatic N) is 1. The van der Waals surface area contributed by atoms with E-state index in [2.05, 4.69) is 39.6 Å². The van der Waals surface area contributed by atoms with E-state index in [1.807, 2.05) is 0 Å². The van der Waals surface area contributed by atoms with Crippen molar-refractivity contribution in [3.8, 4) is 0 Å². The van der Waals surface area contributed by atoms with E-state index in [9.17, 15) is 0 Å². The Balaban J connectivity index is 3.39. The second kappa shape index (κ2) is 6.47. The molecule has 0 spiro atoms. The average molecular weight is 171 g/mol. The molecule has 0 amide bonds. The molecule has 1 atom stereocenters. The molecular formula is C11H25N. The average Bonchev–Trinajstić information content (AvgIpc) is 2.00. The highest BCUT2D eigenvalue weighted by Gasteiger charge is 2.05. The van der Waals surface area contributed by atoms with E-state index < -0.39 is 0 Å². The van der Waals surface area contributed by atoms with Crippen molar-refractivity contribution in [3.05, 3.63) is 0 Å². The SMILES string of the molecule is CCN(C)C[C@H](C)CCC(C)C. The maximum Gasteiger partial charge on any atom is 0.000385 e. The van der Waals surface area contributed by atoms with E-state index >= 15 is 0 Å². The fraction of sp³-hybridized carbons (Fsp3) is 1.00. The summed E-state index contributed by atoms with van der Waals surface area (Å²) in [5.74, 6) is 1.72. The smallest absolute Gasteiger partial charge is 0.000385 e. The molecule has 0 radical (unpaired) electrons. The molecule has 0 saturated carbocycles. The predicted octanol–water partition coefficient (Wildman–Crippen LogP) is 3.01. The molecule has 0 bridgehead atoms. The fourth-order valence-corrected chi connectivity index (χ4v) is 1.37. The lowest BCUT2D eigenvalue weighted by molar-refractivity contribution is 0.281. The Hall–Kier alpha value is -0.0400. The topological polar surface area (TPSA) is 3.24 Å². The minimum Gasteiger partial charge on any atom is -0.306 e.